The minimum Gasteiger partial charge on any atom is -0.401 e. The molecule has 0 bridgehead atoms. The maximum Gasteiger partial charge on any atom is 0.252 e. The highest BCUT2D eigenvalue weighted by Gasteiger charge is 2.21. The summed E-state index contributed by atoms with van der Waals surface area (Å²) in [4.78, 5) is 21.3. The third-order valence-corrected chi connectivity index (χ3v) is 6.47. The third-order valence-electron chi connectivity index (χ3n) is 6.15. The second-order valence-corrected chi connectivity index (χ2v) is 9.19. The largest absolute Gasteiger partial charge is 0.401 e. The number of hydrogen-bond donors (Lipinski definition) is 5. The number of nitrogens with zero attached hydrogens (tertiary/aromatic N) is 1. The molecule has 36 heavy (non-hydrogen) atoms. The lowest BCUT2D eigenvalue weighted by Gasteiger charge is -2.17. The summed E-state index contributed by atoms with van der Waals surface area (Å²) in [7, 11) is 0. The number of rotatable bonds is 9. The van der Waals surface area contributed by atoms with Crippen LogP contribution in [0.4, 0.5) is 5.69 Å². The molecule has 1 unspecified atom stereocenters. The Morgan fingerprint density at radius 2 is 1.89 bits per heavy atom. The number of amides is 1. The van der Waals surface area contributed by atoms with E-state index in [1.165, 1.54) is 11.1 Å². The van der Waals surface area contributed by atoms with Crippen molar-refractivity contribution in [1.82, 2.24) is 15.3 Å². The highest BCUT2D eigenvalue weighted by atomic mass is 35.5. The van der Waals surface area contributed by atoms with Gasteiger partial charge in [0.25, 0.3) is 5.91 Å². The van der Waals surface area contributed by atoms with Gasteiger partial charge in [-0.1, -0.05) is 41.9 Å². The van der Waals surface area contributed by atoms with Gasteiger partial charge < -0.3 is 26.5 Å². The summed E-state index contributed by atoms with van der Waals surface area (Å²) < 4.78 is 0. The van der Waals surface area contributed by atoms with Gasteiger partial charge in [-0.15, -0.1) is 0 Å². The van der Waals surface area contributed by atoms with Crippen molar-refractivity contribution in [3.05, 3.63) is 106 Å². The van der Waals surface area contributed by atoms with Gasteiger partial charge in [0, 0.05) is 37.2 Å². The number of aromatic nitrogens is 2. The molecule has 0 spiro atoms. The lowest BCUT2D eigenvalue weighted by atomic mass is 9.98. The first kappa shape index (κ1) is 25.3. The van der Waals surface area contributed by atoms with Crippen LogP contribution in [0, 0.1) is 13.8 Å². The first-order valence-corrected chi connectivity index (χ1v) is 12.1. The monoisotopic (exact) mass is 503 g/mol. The molecular weight excluding hydrogens is 474 g/mol. The maximum atomic E-state index is 13.1. The van der Waals surface area contributed by atoms with E-state index in [9.17, 15) is 4.79 Å². The Hall–Kier alpha value is -3.81. The van der Waals surface area contributed by atoms with Gasteiger partial charge in [0.2, 0.25) is 0 Å². The second-order valence-electron chi connectivity index (χ2n) is 8.78. The molecule has 4 aromatic rings. The summed E-state index contributed by atoms with van der Waals surface area (Å²) in [5.41, 5.74) is 12.7. The van der Waals surface area contributed by atoms with E-state index >= 15 is 0 Å². The molecule has 4 rings (SSSR count). The van der Waals surface area contributed by atoms with Crippen molar-refractivity contribution in [2.45, 2.75) is 26.2 Å². The summed E-state index contributed by atoms with van der Waals surface area (Å²) in [6.07, 6.45) is 1.97. The molecule has 3 aromatic carbocycles. The molecule has 1 atom stereocenters. The zero-order chi connectivity index (χ0) is 25.7. The fourth-order valence-corrected chi connectivity index (χ4v) is 4.23. The Morgan fingerprint density at radius 1 is 1.14 bits per heavy atom. The predicted molar refractivity (Wildman–Crippen MR) is 145 cm³/mol. The van der Waals surface area contributed by atoms with E-state index in [1.54, 1.807) is 24.4 Å². The molecule has 0 saturated heterocycles. The molecule has 1 heterocycles. The quantitative estimate of drug-likeness (QED) is 0.221. The van der Waals surface area contributed by atoms with E-state index in [0.717, 1.165) is 22.4 Å². The highest BCUT2D eigenvalue weighted by Crippen LogP contribution is 2.26. The fraction of sp³-hybridized carbons (Fsp3) is 0.214. The van der Waals surface area contributed by atoms with Gasteiger partial charge in [-0.3, -0.25) is 4.79 Å². The SMILES string of the molecule is Cc1cc2nc(C(CNC(=O)c3ccc(N/C=C(\N)CCO)cc3Cl)c3ccccc3)[nH]c2cc1C. The molecule has 0 aliphatic heterocycles. The number of aliphatic hydroxyl groups excluding tert-OH is 1. The van der Waals surface area contributed by atoms with Crippen LogP contribution in [-0.2, 0) is 0 Å². The number of hydrogen-bond acceptors (Lipinski definition) is 5. The highest BCUT2D eigenvalue weighted by molar-refractivity contribution is 6.34. The van der Waals surface area contributed by atoms with Crippen LogP contribution in [0.1, 0.15) is 45.2 Å². The summed E-state index contributed by atoms with van der Waals surface area (Å²) in [6, 6.07) is 19.2. The van der Waals surface area contributed by atoms with Crippen LogP contribution >= 0.6 is 11.6 Å². The number of halogens is 1. The molecule has 0 saturated carbocycles. The number of benzene rings is 3. The van der Waals surface area contributed by atoms with Crippen molar-refractivity contribution >= 4 is 34.2 Å². The molecule has 6 N–H and O–H groups in total. The molecule has 0 radical (unpaired) electrons. The molecule has 1 aromatic heterocycles. The Kier molecular flexibility index (Phi) is 7.93. The number of anilines is 1. The van der Waals surface area contributed by atoms with Gasteiger partial charge in [0.15, 0.2) is 0 Å². The van der Waals surface area contributed by atoms with Crippen LogP contribution in [0.3, 0.4) is 0 Å². The van der Waals surface area contributed by atoms with Gasteiger partial charge in [0.1, 0.15) is 5.82 Å². The van der Waals surface area contributed by atoms with E-state index in [4.69, 9.17) is 27.4 Å². The Bertz CT molecular complexity index is 1360. The van der Waals surface area contributed by atoms with Crippen molar-refractivity contribution in [1.29, 1.82) is 0 Å². The topological polar surface area (TPSA) is 116 Å². The van der Waals surface area contributed by atoms with E-state index in [2.05, 4.69) is 41.6 Å². The standard InChI is InChI=1S/C28H30ClN5O2/c1-17-12-25-26(13-18(17)2)34-27(33-25)23(19-6-4-3-5-7-19)16-32-28(36)22-9-8-21(14-24(22)29)31-15-20(30)10-11-35/h3-9,12-15,23,31,35H,10-11,16,30H2,1-2H3,(H,32,36)(H,33,34)/b20-15-. The molecule has 8 heteroatoms. The Balaban J connectivity index is 1.53. The minimum absolute atomic E-state index is 0.0266. The molecule has 7 nitrogen and oxygen atoms in total. The van der Waals surface area contributed by atoms with Gasteiger partial charge in [0.05, 0.1) is 27.5 Å². The van der Waals surface area contributed by atoms with Crippen LogP contribution in [0.2, 0.25) is 5.02 Å². The van der Waals surface area contributed by atoms with Gasteiger partial charge in [-0.2, -0.15) is 0 Å². The maximum absolute atomic E-state index is 13.1. The van der Waals surface area contributed by atoms with Crippen LogP contribution in [0.25, 0.3) is 11.0 Å². The molecule has 1 amide bonds. The van der Waals surface area contributed by atoms with Crippen molar-refractivity contribution < 1.29 is 9.90 Å². The zero-order valence-electron chi connectivity index (χ0n) is 20.3. The number of carbonyl (C=O) groups excluding carboxylic acids is 1. The van der Waals surface area contributed by atoms with E-state index in [-0.39, 0.29) is 18.4 Å². The number of aromatic amines is 1. The minimum atomic E-state index is -0.273. The average Bonchev–Trinajstić information content (AvgIpc) is 3.26. The molecular formula is C28H30ClN5O2. The zero-order valence-corrected chi connectivity index (χ0v) is 21.1. The Labute approximate surface area is 215 Å². The van der Waals surface area contributed by atoms with Crippen LogP contribution < -0.4 is 16.4 Å². The number of fused-ring (bicyclic) bond motifs is 1. The molecule has 0 aliphatic carbocycles. The van der Waals surface area contributed by atoms with Gasteiger partial charge >= 0.3 is 0 Å². The Morgan fingerprint density at radius 3 is 2.61 bits per heavy atom. The third kappa shape index (κ3) is 5.87. The first-order chi connectivity index (χ1) is 17.4. The number of carbonyl (C=O) groups is 1. The molecule has 186 valence electrons. The van der Waals surface area contributed by atoms with E-state index in [1.807, 2.05) is 30.3 Å². The lowest BCUT2D eigenvalue weighted by molar-refractivity contribution is 0.0952. The number of aliphatic hydroxyl groups is 1. The smallest absolute Gasteiger partial charge is 0.252 e. The normalized spacial score (nSPS) is 12.5. The second kappa shape index (κ2) is 11.3. The summed E-state index contributed by atoms with van der Waals surface area (Å²) in [6.45, 7) is 4.47. The number of nitrogens with two attached hydrogens (primary N) is 1. The van der Waals surface area contributed by atoms with Gasteiger partial charge in [-0.25, -0.2) is 4.98 Å². The average molecular weight is 504 g/mol. The molecule has 0 aliphatic rings. The van der Waals surface area contributed by atoms with Crippen molar-refractivity contribution in [3.8, 4) is 0 Å². The predicted octanol–water partition coefficient (Wildman–Crippen LogP) is 4.99. The lowest BCUT2D eigenvalue weighted by Crippen LogP contribution is -2.29. The van der Waals surface area contributed by atoms with E-state index in [0.29, 0.717) is 34.9 Å². The number of H-pyrrole nitrogens is 1. The number of imidazole rings is 1. The number of nitrogens with one attached hydrogen (secondary N) is 3. The van der Waals surface area contributed by atoms with Crippen molar-refractivity contribution in [2.75, 3.05) is 18.5 Å². The van der Waals surface area contributed by atoms with Crippen molar-refractivity contribution in [3.63, 3.8) is 0 Å². The van der Waals surface area contributed by atoms with Crippen LogP contribution in [0.5, 0.6) is 0 Å². The van der Waals surface area contributed by atoms with E-state index < -0.39 is 0 Å². The summed E-state index contributed by atoms with van der Waals surface area (Å²) in [5.74, 6) is 0.354. The molecule has 0 fully saturated rings. The van der Waals surface area contributed by atoms with Crippen LogP contribution in [0.15, 0.2) is 72.6 Å². The van der Waals surface area contributed by atoms with Gasteiger partial charge in [-0.05, 0) is 60.9 Å². The number of aryl methyl sites for hydroxylation is 2. The van der Waals surface area contributed by atoms with Crippen molar-refractivity contribution in [2.24, 2.45) is 5.73 Å². The summed E-state index contributed by atoms with van der Waals surface area (Å²) >= 11 is 6.42. The van der Waals surface area contributed by atoms with Crippen LogP contribution in [-0.4, -0.2) is 34.1 Å². The first-order valence-electron chi connectivity index (χ1n) is 11.8. The fourth-order valence-electron chi connectivity index (χ4n) is 3.97. The summed E-state index contributed by atoms with van der Waals surface area (Å²) in [5, 5.41) is 15.3.